The maximum absolute atomic E-state index is 12.9. The highest BCUT2D eigenvalue weighted by Gasteiger charge is 2.41. The monoisotopic (exact) mass is 368 g/mol. The van der Waals surface area contributed by atoms with E-state index in [9.17, 15) is 9.59 Å². The maximum Gasteiger partial charge on any atom is 0.257 e. The summed E-state index contributed by atoms with van der Waals surface area (Å²) < 4.78 is 8.08. The molecule has 0 bridgehead atoms. The topological polar surface area (TPSA) is 76.5 Å². The van der Waals surface area contributed by atoms with Crippen molar-refractivity contribution in [2.75, 3.05) is 19.6 Å². The molecule has 1 N–H and O–H groups in total. The highest BCUT2D eigenvalue weighted by Crippen LogP contribution is 2.33. The third-order valence-corrected chi connectivity index (χ3v) is 5.49. The molecule has 0 atom stereocenters. The van der Waals surface area contributed by atoms with Crippen molar-refractivity contribution in [2.24, 2.45) is 0 Å². The van der Waals surface area contributed by atoms with Gasteiger partial charge < -0.3 is 15.0 Å². The average Bonchev–Trinajstić information content (AvgIpc) is 3.01. The molecule has 0 saturated carbocycles. The molecule has 1 fully saturated rings. The number of amides is 2. The molecule has 142 valence electrons. The van der Waals surface area contributed by atoms with Crippen molar-refractivity contribution < 1.29 is 14.3 Å². The minimum Gasteiger partial charge on any atom is -0.484 e. The lowest BCUT2D eigenvalue weighted by atomic mass is 9.90. The Kier molecular flexibility index (Phi) is 4.37. The number of fused-ring (bicyclic) bond motifs is 1. The fourth-order valence-corrected chi connectivity index (χ4v) is 3.81. The zero-order chi connectivity index (χ0) is 19.0. The van der Waals surface area contributed by atoms with Gasteiger partial charge in [-0.05, 0) is 26.0 Å². The normalized spacial score (nSPS) is 18.4. The average molecular weight is 368 g/mol. The second-order valence-corrected chi connectivity index (χ2v) is 7.24. The highest BCUT2D eigenvalue weighted by molar-refractivity contribution is 5.97. The fourth-order valence-electron chi connectivity index (χ4n) is 3.81. The molecule has 1 saturated heterocycles. The number of carbonyl (C=O) groups excluding carboxylic acids is 2. The maximum atomic E-state index is 12.9. The van der Waals surface area contributed by atoms with E-state index in [2.05, 4.69) is 10.4 Å². The molecule has 3 heterocycles. The number of rotatable bonds is 2. The Balaban J connectivity index is 1.49. The first-order chi connectivity index (χ1) is 13.0. The molecular formula is C20H24N4O3. The summed E-state index contributed by atoms with van der Waals surface area (Å²) in [6, 6.07) is 7.32. The third kappa shape index (κ3) is 3.18. The van der Waals surface area contributed by atoms with Crippen molar-refractivity contribution in [3.05, 3.63) is 47.3 Å². The number of ether oxygens (including phenoxy) is 1. The van der Waals surface area contributed by atoms with E-state index in [1.807, 2.05) is 43.1 Å². The smallest absolute Gasteiger partial charge is 0.257 e. The summed E-state index contributed by atoms with van der Waals surface area (Å²) in [6.07, 6.45) is 3.17. The Morgan fingerprint density at radius 3 is 2.74 bits per heavy atom. The number of aromatic nitrogens is 2. The number of hydrogen-bond donors (Lipinski definition) is 1. The first kappa shape index (κ1) is 17.6. The predicted molar refractivity (Wildman–Crippen MR) is 99.9 cm³/mol. The number of aryl methyl sites for hydroxylation is 2. The first-order valence-electron chi connectivity index (χ1n) is 9.41. The summed E-state index contributed by atoms with van der Waals surface area (Å²) in [5.74, 6) is 0.524. The number of hydrogen-bond acceptors (Lipinski definition) is 4. The van der Waals surface area contributed by atoms with Crippen LogP contribution in [-0.2, 0) is 6.54 Å². The Bertz CT molecular complexity index is 881. The lowest BCUT2D eigenvalue weighted by Gasteiger charge is -2.41. The van der Waals surface area contributed by atoms with E-state index in [1.165, 1.54) is 0 Å². The van der Waals surface area contributed by atoms with E-state index in [-0.39, 0.29) is 11.8 Å². The number of nitrogens with zero attached hydrogens (tertiary/aromatic N) is 3. The minimum atomic E-state index is -0.471. The predicted octanol–water partition coefficient (Wildman–Crippen LogP) is 2.01. The van der Waals surface area contributed by atoms with Crippen molar-refractivity contribution in [1.82, 2.24) is 20.0 Å². The lowest BCUT2D eigenvalue weighted by molar-refractivity contribution is 0.00769. The van der Waals surface area contributed by atoms with Crippen LogP contribution in [0.1, 0.15) is 46.2 Å². The molecular weight excluding hydrogens is 344 g/mol. The standard InChI is InChI=1S/C20H24N4O3/c1-3-24-12-16(14(2)22-24)19(26)23-10-8-20(9-11-23)13-21-18(25)15-6-4-5-7-17(15)27-20/h4-7,12H,3,8-11,13H2,1-2H3,(H,21,25). The van der Waals surface area contributed by atoms with Crippen LogP contribution < -0.4 is 10.1 Å². The second kappa shape index (κ2) is 6.72. The molecule has 4 rings (SSSR count). The summed E-state index contributed by atoms with van der Waals surface area (Å²) in [5, 5.41) is 7.35. The van der Waals surface area contributed by atoms with E-state index >= 15 is 0 Å². The zero-order valence-electron chi connectivity index (χ0n) is 15.7. The van der Waals surface area contributed by atoms with E-state index in [0.29, 0.717) is 49.4 Å². The quantitative estimate of drug-likeness (QED) is 0.880. The van der Waals surface area contributed by atoms with Crippen LogP contribution in [0.2, 0.25) is 0 Å². The zero-order valence-corrected chi connectivity index (χ0v) is 15.7. The molecule has 0 aliphatic carbocycles. The van der Waals surface area contributed by atoms with Gasteiger partial charge in [-0.25, -0.2) is 0 Å². The van der Waals surface area contributed by atoms with Gasteiger partial charge in [-0.2, -0.15) is 5.10 Å². The van der Waals surface area contributed by atoms with Gasteiger partial charge in [0, 0.05) is 38.7 Å². The molecule has 1 aromatic heterocycles. The molecule has 7 nitrogen and oxygen atoms in total. The molecule has 0 unspecified atom stereocenters. The Hall–Kier alpha value is -2.83. The first-order valence-corrected chi connectivity index (χ1v) is 9.41. The van der Waals surface area contributed by atoms with Crippen LogP contribution >= 0.6 is 0 Å². The molecule has 2 aliphatic heterocycles. The third-order valence-electron chi connectivity index (χ3n) is 5.49. The fraction of sp³-hybridized carbons (Fsp3) is 0.450. The van der Waals surface area contributed by atoms with Gasteiger partial charge in [0.25, 0.3) is 11.8 Å². The van der Waals surface area contributed by atoms with E-state index < -0.39 is 5.60 Å². The van der Waals surface area contributed by atoms with Gasteiger partial charge in [0.2, 0.25) is 0 Å². The van der Waals surface area contributed by atoms with Crippen LogP contribution in [0, 0.1) is 6.92 Å². The van der Waals surface area contributed by atoms with Crippen LogP contribution in [0.15, 0.2) is 30.5 Å². The summed E-state index contributed by atoms with van der Waals surface area (Å²) in [4.78, 5) is 27.1. The van der Waals surface area contributed by atoms with Crippen LogP contribution in [0.25, 0.3) is 0 Å². The van der Waals surface area contributed by atoms with Crippen LogP contribution in [0.3, 0.4) is 0 Å². The van der Waals surface area contributed by atoms with Gasteiger partial charge in [-0.3, -0.25) is 14.3 Å². The molecule has 27 heavy (non-hydrogen) atoms. The molecule has 1 aromatic carbocycles. The van der Waals surface area contributed by atoms with Gasteiger partial charge in [-0.1, -0.05) is 12.1 Å². The molecule has 2 aliphatic rings. The molecule has 7 heteroatoms. The van der Waals surface area contributed by atoms with Crippen molar-refractivity contribution in [1.29, 1.82) is 0 Å². The highest BCUT2D eigenvalue weighted by atomic mass is 16.5. The molecule has 0 radical (unpaired) electrons. The Morgan fingerprint density at radius 1 is 1.30 bits per heavy atom. The number of piperidine rings is 1. The van der Waals surface area contributed by atoms with Crippen LogP contribution in [0.5, 0.6) is 5.75 Å². The number of carbonyl (C=O) groups is 2. The molecule has 2 amide bonds. The van der Waals surface area contributed by atoms with Crippen LogP contribution in [-0.4, -0.2) is 51.7 Å². The van der Waals surface area contributed by atoms with Gasteiger partial charge >= 0.3 is 0 Å². The molecule has 2 aromatic rings. The number of nitrogens with one attached hydrogen (secondary N) is 1. The van der Waals surface area contributed by atoms with E-state index in [0.717, 1.165) is 12.2 Å². The van der Waals surface area contributed by atoms with E-state index in [4.69, 9.17) is 4.74 Å². The van der Waals surface area contributed by atoms with Gasteiger partial charge in [0.15, 0.2) is 0 Å². The number of benzene rings is 1. The van der Waals surface area contributed by atoms with Crippen molar-refractivity contribution in [3.63, 3.8) is 0 Å². The largest absolute Gasteiger partial charge is 0.484 e. The second-order valence-electron chi connectivity index (χ2n) is 7.24. The van der Waals surface area contributed by atoms with Crippen molar-refractivity contribution in [2.45, 2.75) is 38.8 Å². The van der Waals surface area contributed by atoms with Gasteiger partial charge in [0.1, 0.15) is 11.4 Å². The summed E-state index contributed by atoms with van der Waals surface area (Å²) in [7, 11) is 0. The summed E-state index contributed by atoms with van der Waals surface area (Å²) >= 11 is 0. The summed E-state index contributed by atoms with van der Waals surface area (Å²) in [5.41, 5.74) is 1.51. The lowest BCUT2D eigenvalue weighted by Crippen LogP contribution is -2.54. The van der Waals surface area contributed by atoms with Gasteiger partial charge in [0.05, 0.1) is 23.4 Å². The number of likely N-dealkylation sites (tertiary alicyclic amines) is 1. The van der Waals surface area contributed by atoms with Crippen LogP contribution in [0.4, 0.5) is 0 Å². The SMILES string of the molecule is CCn1cc(C(=O)N2CCC3(CC2)CNC(=O)c2ccccc2O3)c(C)n1. The Labute approximate surface area is 158 Å². The summed E-state index contributed by atoms with van der Waals surface area (Å²) in [6.45, 7) is 6.24. The van der Waals surface area contributed by atoms with E-state index in [1.54, 1.807) is 10.7 Å². The Morgan fingerprint density at radius 2 is 2.04 bits per heavy atom. The molecule has 1 spiro atoms. The minimum absolute atomic E-state index is 0.0140. The van der Waals surface area contributed by atoms with Gasteiger partial charge in [-0.15, -0.1) is 0 Å². The van der Waals surface area contributed by atoms with Crippen molar-refractivity contribution >= 4 is 11.8 Å². The number of para-hydroxylation sites is 1. The van der Waals surface area contributed by atoms with Crippen molar-refractivity contribution in [3.8, 4) is 5.75 Å².